The minimum atomic E-state index is -2.97. The third-order valence-electron chi connectivity index (χ3n) is 1.44. The van der Waals surface area contributed by atoms with Crippen LogP contribution in [0.25, 0.3) is 0 Å². The van der Waals surface area contributed by atoms with Gasteiger partial charge in [0, 0.05) is 0 Å². The Morgan fingerprint density at radius 2 is 1.50 bits per heavy atom. The van der Waals surface area contributed by atoms with Crippen molar-refractivity contribution in [2.45, 2.75) is 19.6 Å². The molecule has 10 heavy (non-hydrogen) atoms. The van der Waals surface area contributed by atoms with Crippen LogP contribution in [0, 0.1) is 0 Å². The molecule has 0 saturated heterocycles. The van der Waals surface area contributed by atoms with E-state index in [9.17, 15) is 8.42 Å². The Morgan fingerprint density at radius 3 is 1.50 bits per heavy atom. The van der Waals surface area contributed by atoms with Crippen molar-refractivity contribution in [1.29, 1.82) is 0 Å². The summed E-state index contributed by atoms with van der Waals surface area (Å²) in [5, 5.41) is 0. The van der Waals surface area contributed by atoms with Crippen LogP contribution in [0.15, 0.2) is 0 Å². The number of hydrogen-bond donors (Lipinski definition) is 0. The van der Waals surface area contributed by atoms with Crippen molar-refractivity contribution in [3.63, 3.8) is 0 Å². The fourth-order valence-electron chi connectivity index (χ4n) is 0.497. The van der Waals surface area contributed by atoms with E-state index in [4.69, 9.17) is 0 Å². The molecule has 0 heterocycles. The maximum Gasteiger partial charge on any atom is 0.205 e. The molecule has 0 spiro atoms. The summed E-state index contributed by atoms with van der Waals surface area (Å²) in [5.74, 6) is 0. The quantitative estimate of drug-likeness (QED) is 0.588. The predicted molar refractivity (Wildman–Crippen MR) is 46.0 cm³/mol. The third kappa shape index (κ3) is 2.81. The van der Waals surface area contributed by atoms with Gasteiger partial charge in [0.05, 0.1) is 6.26 Å². The normalized spacial score (nSPS) is 14.2. The first-order valence-corrected chi connectivity index (χ1v) is 8.39. The van der Waals surface area contributed by atoms with Crippen molar-refractivity contribution >= 4 is 18.3 Å². The van der Waals surface area contributed by atoms with Crippen LogP contribution in [-0.2, 0) is 10.0 Å². The van der Waals surface area contributed by atoms with Gasteiger partial charge in [0.25, 0.3) is 0 Å². The van der Waals surface area contributed by atoms with Gasteiger partial charge >= 0.3 is 0 Å². The molecule has 0 aliphatic rings. The van der Waals surface area contributed by atoms with Crippen LogP contribution in [-0.4, -0.2) is 33.9 Å². The van der Waals surface area contributed by atoms with Crippen LogP contribution in [0.3, 0.4) is 0 Å². The average molecular weight is 181 g/mol. The van der Waals surface area contributed by atoms with E-state index in [1.165, 1.54) is 10.2 Å². The number of hydrogen-bond acceptors (Lipinski definition) is 2. The Labute approximate surface area is 64.2 Å². The molecule has 0 aliphatic heterocycles. The van der Waals surface area contributed by atoms with Gasteiger partial charge in [-0.05, 0) is 7.05 Å². The molecular formula is C5H15NO2SSi. The fourth-order valence-corrected chi connectivity index (χ4v) is 4.48. The van der Waals surface area contributed by atoms with Gasteiger partial charge in [0.2, 0.25) is 10.0 Å². The van der Waals surface area contributed by atoms with E-state index < -0.39 is 18.3 Å². The molecule has 0 radical (unpaired) electrons. The van der Waals surface area contributed by atoms with Crippen molar-refractivity contribution < 1.29 is 8.42 Å². The molecule has 0 aliphatic carbocycles. The molecular weight excluding hydrogens is 166 g/mol. The number of rotatable bonds is 2. The maximum atomic E-state index is 10.9. The van der Waals surface area contributed by atoms with Crippen molar-refractivity contribution in [3.05, 3.63) is 0 Å². The van der Waals surface area contributed by atoms with Gasteiger partial charge in [-0.25, -0.2) is 12.4 Å². The first-order valence-electron chi connectivity index (χ1n) is 3.09. The summed E-state index contributed by atoms with van der Waals surface area (Å²) >= 11 is 0. The van der Waals surface area contributed by atoms with Gasteiger partial charge in [-0.3, -0.25) is 0 Å². The molecule has 0 amide bonds. The van der Waals surface area contributed by atoms with Crippen LogP contribution in [0.2, 0.25) is 19.6 Å². The van der Waals surface area contributed by atoms with E-state index in [1.54, 1.807) is 7.05 Å². The zero-order valence-electron chi connectivity index (χ0n) is 7.17. The second-order valence-electron chi connectivity index (χ2n) is 3.40. The van der Waals surface area contributed by atoms with Crippen molar-refractivity contribution in [2.75, 3.05) is 13.3 Å². The Balaban J connectivity index is 4.56. The molecule has 0 aromatic carbocycles. The Kier molecular flexibility index (Phi) is 2.67. The minimum Gasteiger partial charge on any atom is -0.228 e. The lowest BCUT2D eigenvalue weighted by Gasteiger charge is -2.27. The molecule has 0 aromatic heterocycles. The summed E-state index contributed by atoms with van der Waals surface area (Å²) in [6, 6.07) is 0. The molecule has 0 N–H and O–H groups in total. The van der Waals surface area contributed by atoms with Crippen LogP contribution < -0.4 is 0 Å². The average Bonchev–Trinajstić information content (AvgIpc) is 1.59. The lowest BCUT2D eigenvalue weighted by Crippen LogP contribution is -2.46. The summed E-state index contributed by atoms with van der Waals surface area (Å²) in [6.07, 6.45) is 1.24. The van der Waals surface area contributed by atoms with E-state index in [2.05, 4.69) is 0 Å². The maximum absolute atomic E-state index is 10.9. The fraction of sp³-hybridized carbons (Fsp3) is 1.00. The van der Waals surface area contributed by atoms with Crippen molar-refractivity contribution in [2.24, 2.45) is 0 Å². The monoisotopic (exact) mass is 181 g/mol. The standard InChI is InChI=1S/C5H15NO2SSi/c1-6(9(2,7)8)10(3,4)5/h1-5H3. The highest BCUT2D eigenvalue weighted by molar-refractivity contribution is 7.89. The van der Waals surface area contributed by atoms with E-state index in [1.807, 2.05) is 19.6 Å². The smallest absolute Gasteiger partial charge is 0.205 e. The van der Waals surface area contributed by atoms with Gasteiger partial charge in [-0.15, -0.1) is 0 Å². The molecule has 0 aromatic rings. The highest BCUT2D eigenvalue weighted by atomic mass is 32.2. The first kappa shape index (κ1) is 10.1. The molecule has 62 valence electrons. The second-order valence-corrected chi connectivity index (χ2v) is 10.8. The van der Waals surface area contributed by atoms with E-state index >= 15 is 0 Å². The van der Waals surface area contributed by atoms with Gasteiger partial charge in [0.1, 0.15) is 8.24 Å². The highest BCUT2D eigenvalue weighted by Gasteiger charge is 2.26. The summed E-state index contributed by atoms with van der Waals surface area (Å²) in [4.78, 5) is 0. The van der Waals surface area contributed by atoms with Gasteiger partial charge in [-0.1, -0.05) is 19.6 Å². The molecule has 0 unspecified atom stereocenters. The zero-order valence-corrected chi connectivity index (χ0v) is 8.99. The summed E-state index contributed by atoms with van der Waals surface area (Å²) in [7, 11) is -2.98. The van der Waals surface area contributed by atoms with E-state index in [0.717, 1.165) is 0 Å². The lowest BCUT2D eigenvalue weighted by atomic mass is 11.6. The SMILES string of the molecule is CN([Si](C)(C)C)S(C)(=O)=O. The summed E-state index contributed by atoms with van der Waals surface area (Å²) < 4.78 is 23.4. The Hall–Kier alpha value is 0.127. The molecule has 3 nitrogen and oxygen atoms in total. The van der Waals surface area contributed by atoms with Gasteiger partial charge in [0.15, 0.2) is 0 Å². The van der Waals surface area contributed by atoms with E-state index in [0.29, 0.717) is 0 Å². The molecule has 0 fully saturated rings. The lowest BCUT2D eigenvalue weighted by molar-refractivity contribution is 0.560. The largest absolute Gasteiger partial charge is 0.228 e. The molecule has 0 atom stereocenters. The van der Waals surface area contributed by atoms with Crippen molar-refractivity contribution in [3.8, 4) is 0 Å². The molecule has 0 rings (SSSR count). The summed E-state index contributed by atoms with van der Waals surface area (Å²) in [5.41, 5.74) is 0. The highest BCUT2D eigenvalue weighted by Crippen LogP contribution is 2.09. The number of nitrogens with zero attached hydrogens (tertiary/aromatic N) is 1. The van der Waals surface area contributed by atoms with Gasteiger partial charge in [-0.2, -0.15) is 0 Å². The topological polar surface area (TPSA) is 37.4 Å². The predicted octanol–water partition coefficient (Wildman–Crippen LogP) is 0.713. The van der Waals surface area contributed by atoms with Gasteiger partial charge < -0.3 is 0 Å². The minimum absolute atomic E-state index is 1.24. The van der Waals surface area contributed by atoms with Crippen LogP contribution >= 0.6 is 0 Å². The zero-order chi connectivity index (χ0) is 8.58. The van der Waals surface area contributed by atoms with Crippen LogP contribution in [0.1, 0.15) is 0 Å². The number of sulfonamides is 1. The molecule has 5 heteroatoms. The van der Waals surface area contributed by atoms with E-state index in [-0.39, 0.29) is 0 Å². The molecule has 0 bridgehead atoms. The Bertz CT molecular complexity index is 204. The van der Waals surface area contributed by atoms with Crippen molar-refractivity contribution in [1.82, 2.24) is 3.97 Å². The first-order chi connectivity index (χ1) is 4.15. The van der Waals surface area contributed by atoms with Crippen LogP contribution in [0.5, 0.6) is 0 Å². The summed E-state index contributed by atoms with van der Waals surface area (Å²) in [6.45, 7) is 5.98. The molecule has 0 saturated carbocycles. The third-order valence-corrected chi connectivity index (χ3v) is 6.96. The second kappa shape index (κ2) is 2.63. The van der Waals surface area contributed by atoms with Crippen LogP contribution in [0.4, 0.5) is 0 Å². The Morgan fingerprint density at radius 1 is 1.20 bits per heavy atom.